The highest BCUT2D eigenvalue weighted by molar-refractivity contribution is 5.70. The van der Waals surface area contributed by atoms with E-state index in [-0.39, 0.29) is 6.42 Å². The minimum atomic E-state index is -0.893. The van der Waals surface area contributed by atoms with Crippen molar-refractivity contribution in [3.05, 3.63) is 84.1 Å². The summed E-state index contributed by atoms with van der Waals surface area (Å²) in [4.78, 5) is 14.8. The third kappa shape index (κ3) is 4.81. The van der Waals surface area contributed by atoms with Crippen molar-refractivity contribution < 1.29 is 19.4 Å². The Kier molecular flexibility index (Phi) is 5.26. The van der Waals surface area contributed by atoms with E-state index in [2.05, 4.69) is 4.98 Å². The van der Waals surface area contributed by atoms with E-state index in [1.165, 1.54) is 6.20 Å². The van der Waals surface area contributed by atoms with Gasteiger partial charge in [-0.1, -0.05) is 48.5 Å². The van der Waals surface area contributed by atoms with Crippen molar-refractivity contribution >= 4 is 5.97 Å². The van der Waals surface area contributed by atoms with Gasteiger partial charge in [-0.15, -0.1) is 0 Å². The molecular weight excluding hydrogens is 318 g/mol. The van der Waals surface area contributed by atoms with Gasteiger partial charge < -0.3 is 14.6 Å². The highest BCUT2D eigenvalue weighted by Crippen LogP contribution is 2.31. The lowest BCUT2D eigenvalue weighted by molar-refractivity contribution is -0.136. The Hall–Kier alpha value is -3.34. The minimum absolute atomic E-state index is 0.0654. The van der Waals surface area contributed by atoms with Crippen molar-refractivity contribution in [2.24, 2.45) is 0 Å². The molecule has 2 aromatic carbocycles. The Morgan fingerprint density at radius 3 is 2.28 bits per heavy atom. The van der Waals surface area contributed by atoms with Crippen LogP contribution in [-0.4, -0.2) is 16.1 Å². The topological polar surface area (TPSA) is 68.7 Å². The number of aromatic nitrogens is 1. The molecule has 5 nitrogen and oxygen atoms in total. The van der Waals surface area contributed by atoms with Gasteiger partial charge in [0.2, 0.25) is 5.88 Å². The molecule has 0 unspecified atom stereocenters. The molecule has 0 aliphatic rings. The number of ether oxygens (including phenoxy) is 2. The molecule has 126 valence electrons. The molecule has 1 heterocycles. The first kappa shape index (κ1) is 16.5. The van der Waals surface area contributed by atoms with E-state index in [0.717, 1.165) is 5.56 Å². The number of hydrogen-bond donors (Lipinski definition) is 1. The molecule has 3 rings (SSSR count). The Bertz CT molecular complexity index is 832. The fourth-order valence-corrected chi connectivity index (χ4v) is 2.25. The van der Waals surface area contributed by atoms with Crippen molar-refractivity contribution in [1.29, 1.82) is 0 Å². The van der Waals surface area contributed by atoms with Gasteiger partial charge >= 0.3 is 5.97 Å². The quantitative estimate of drug-likeness (QED) is 0.704. The van der Waals surface area contributed by atoms with E-state index in [1.54, 1.807) is 18.2 Å². The van der Waals surface area contributed by atoms with Gasteiger partial charge in [-0.25, -0.2) is 4.98 Å². The van der Waals surface area contributed by atoms with Gasteiger partial charge in [-0.2, -0.15) is 0 Å². The van der Waals surface area contributed by atoms with E-state index >= 15 is 0 Å². The second kappa shape index (κ2) is 7.97. The molecule has 0 atom stereocenters. The molecule has 0 amide bonds. The highest BCUT2D eigenvalue weighted by Gasteiger charge is 2.08. The summed E-state index contributed by atoms with van der Waals surface area (Å²) in [7, 11) is 0. The number of rotatable bonds is 7. The monoisotopic (exact) mass is 335 g/mol. The summed E-state index contributed by atoms with van der Waals surface area (Å²) in [6.07, 6.45) is 1.43. The van der Waals surface area contributed by atoms with Crippen LogP contribution in [0.15, 0.2) is 72.9 Å². The number of pyridine rings is 1. The van der Waals surface area contributed by atoms with Gasteiger partial charge in [0.15, 0.2) is 11.5 Å². The van der Waals surface area contributed by atoms with Gasteiger partial charge in [0.25, 0.3) is 0 Å². The van der Waals surface area contributed by atoms with Crippen molar-refractivity contribution in [3.8, 4) is 17.4 Å². The fourth-order valence-electron chi connectivity index (χ4n) is 2.25. The molecule has 0 bridgehead atoms. The molecule has 1 N–H and O–H groups in total. The Morgan fingerprint density at radius 2 is 1.60 bits per heavy atom. The van der Waals surface area contributed by atoms with Crippen LogP contribution in [0.2, 0.25) is 0 Å². The summed E-state index contributed by atoms with van der Waals surface area (Å²) in [5.74, 6) is 0.653. The number of benzene rings is 2. The van der Waals surface area contributed by atoms with E-state index in [0.29, 0.717) is 29.5 Å². The molecule has 0 radical (unpaired) electrons. The maximum Gasteiger partial charge on any atom is 0.307 e. The first-order valence-corrected chi connectivity index (χ1v) is 7.81. The minimum Gasteiger partial charge on any atom is -0.485 e. The molecule has 0 aliphatic heterocycles. The van der Waals surface area contributed by atoms with Crippen molar-refractivity contribution in [3.63, 3.8) is 0 Å². The van der Waals surface area contributed by atoms with Crippen LogP contribution in [0, 0.1) is 0 Å². The second-order valence-corrected chi connectivity index (χ2v) is 5.40. The Labute approximate surface area is 145 Å². The van der Waals surface area contributed by atoms with Crippen LogP contribution in [0.3, 0.4) is 0 Å². The average Bonchev–Trinajstić information content (AvgIpc) is 2.63. The summed E-state index contributed by atoms with van der Waals surface area (Å²) in [6.45, 7) is 0.437. The van der Waals surface area contributed by atoms with Crippen LogP contribution in [0.1, 0.15) is 11.1 Å². The third-order valence-corrected chi connectivity index (χ3v) is 3.45. The molecule has 0 aliphatic carbocycles. The summed E-state index contributed by atoms with van der Waals surface area (Å²) in [5, 5.41) is 8.79. The number of hydrogen-bond acceptors (Lipinski definition) is 4. The molecule has 0 saturated carbocycles. The zero-order valence-corrected chi connectivity index (χ0v) is 13.5. The van der Waals surface area contributed by atoms with Crippen LogP contribution in [0.4, 0.5) is 0 Å². The molecule has 25 heavy (non-hydrogen) atoms. The largest absolute Gasteiger partial charge is 0.485 e. The van der Waals surface area contributed by atoms with Gasteiger partial charge in [-0.3, -0.25) is 4.79 Å². The molecule has 3 aromatic rings. The molecule has 0 spiro atoms. The maximum absolute atomic E-state index is 10.7. The lowest BCUT2D eigenvalue weighted by Crippen LogP contribution is -2.01. The lowest BCUT2D eigenvalue weighted by atomic mass is 10.2. The van der Waals surface area contributed by atoms with E-state index in [9.17, 15) is 4.79 Å². The number of aliphatic carboxylic acids is 1. The summed E-state index contributed by atoms with van der Waals surface area (Å²) < 4.78 is 11.6. The number of carboxylic acids is 1. The van der Waals surface area contributed by atoms with E-state index < -0.39 is 5.97 Å². The van der Waals surface area contributed by atoms with Crippen molar-refractivity contribution in [2.75, 3.05) is 0 Å². The average molecular weight is 335 g/mol. The van der Waals surface area contributed by atoms with Crippen LogP contribution in [0.25, 0.3) is 0 Å². The standard InChI is InChI=1S/C20H17NO4/c22-20(23)12-16-10-11-19(21-13-16)25-18-9-5-4-8-17(18)24-14-15-6-2-1-3-7-15/h1-11,13H,12,14H2,(H,22,23). The first-order chi connectivity index (χ1) is 12.2. The van der Waals surface area contributed by atoms with Crippen molar-refractivity contribution in [2.45, 2.75) is 13.0 Å². The van der Waals surface area contributed by atoms with Crippen LogP contribution in [0.5, 0.6) is 17.4 Å². The zero-order valence-electron chi connectivity index (χ0n) is 13.5. The molecule has 5 heteroatoms. The predicted octanol–water partition coefficient (Wildman–Crippen LogP) is 4.08. The first-order valence-electron chi connectivity index (χ1n) is 7.81. The summed E-state index contributed by atoms with van der Waals surface area (Å²) in [5.41, 5.74) is 1.68. The van der Waals surface area contributed by atoms with Gasteiger partial charge in [-0.05, 0) is 23.3 Å². The maximum atomic E-state index is 10.7. The predicted molar refractivity (Wildman–Crippen MR) is 92.9 cm³/mol. The molecule has 0 saturated heterocycles. The Morgan fingerprint density at radius 1 is 0.880 bits per heavy atom. The van der Waals surface area contributed by atoms with Crippen LogP contribution in [-0.2, 0) is 17.8 Å². The Balaban J connectivity index is 1.69. The van der Waals surface area contributed by atoms with E-state index in [1.807, 2.05) is 48.5 Å². The number of para-hydroxylation sites is 2. The normalized spacial score (nSPS) is 10.2. The highest BCUT2D eigenvalue weighted by atomic mass is 16.5. The number of nitrogens with zero attached hydrogens (tertiary/aromatic N) is 1. The second-order valence-electron chi connectivity index (χ2n) is 5.40. The SMILES string of the molecule is O=C(O)Cc1ccc(Oc2ccccc2OCc2ccccc2)nc1. The summed E-state index contributed by atoms with van der Waals surface area (Å²) in [6, 6.07) is 20.5. The van der Waals surface area contributed by atoms with Crippen LogP contribution >= 0.6 is 0 Å². The fraction of sp³-hybridized carbons (Fsp3) is 0.100. The molecule has 0 fully saturated rings. The van der Waals surface area contributed by atoms with Crippen molar-refractivity contribution in [1.82, 2.24) is 4.98 Å². The lowest BCUT2D eigenvalue weighted by Gasteiger charge is -2.12. The smallest absolute Gasteiger partial charge is 0.307 e. The van der Waals surface area contributed by atoms with E-state index in [4.69, 9.17) is 14.6 Å². The van der Waals surface area contributed by atoms with Crippen LogP contribution < -0.4 is 9.47 Å². The third-order valence-electron chi connectivity index (χ3n) is 3.45. The van der Waals surface area contributed by atoms with Gasteiger partial charge in [0, 0.05) is 12.3 Å². The molecular formula is C20H17NO4. The molecule has 1 aromatic heterocycles. The zero-order chi connectivity index (χ0) is 17.5. The van der Waals surface area contributed by atoms with Gasteiger partial charge in [0.1, 0.15) is 6.61 Å². The number of carbonyl (C=O) groups is 1. The summed E-state index contributed by atoms with van der Waals surface area (Å²) >= 11 is 0. The number of carboxylic acid groups (broad SMARTS) is 1. The van der Waals surface area contributed by atoms with Gasteiger partial charge in [0.05, 0.1) is 6.42 Å².